The Labute approximate surface area is 144 Å². The van der Waals surface area contributed by atoms with E-state index >= 15 is 0 Å². The van der Waals surface area contributed by atoms with Gasteiger partial charge in [0.1, 0.15) is 5.75 Å². The number of phenolic OH excluding ortho intramolecular Hbond substituents is 1. The minimum atomic E-state index is -0.160. The van der Waals surface area contributed by atoms with E-state index in [2.05, 4.69) is 5.32 Å². The van der Waals surface area contributed by atoms with Crippen LogP contribution in [0.25, 0.3) is 0 Å². The van der Waals surface area contributed by atoms with Crippen molar-refractivity contribution in [1.82, 2.24) is 10.2 Å². The van der Waals surface area contributed by atoms with Crippen molar-refractivity contribution >= 4 is 23.2 Å². The van der Waals surface area contributed by atoms with Crippen molar-refractivity contribution in [3.05, 3.63) is 51.7 Å². The third kappa shape index (κ3) is 3.59. The summed E-state index contributed by atoms with van der Waals surface area (Å²) in [5, 5.41) is 12.9. The van der Waals surface area contributed by atoms with Gasteiger partial charge in [0.05, 0.1) is 10.4 Å². The summed E-state index contributed by atoms with van der Waals surface area (Å²) in [5.41, 5.74) is 0.328. The van der Waals surface area contributed by atoms with Gasteiger partial charge in [-0.2, -0.15) is 0 Å². The number of aryl methyl sites for hydroxylation is 1. The molecule has 1 fully saturated rings. The highest BCUT2D eigenvalue weighted by Crippen LogP contribution is 2.21. The summed E-state index contributed by atoms with van der Waals surface area (Å²) in [6, 6.07) is 10.4. The number of amides is 2. The average Bonchev–Trinajstić information content (AvgIpc) is 3.02. The molecule has 1 aliphatic rings. The number of aromatic hydroxyl groups is 1. The molecule has 2 aromatic rings. The molecule has 2 heterocycles. The lowest BCUT2D eigenvalue weighted by Crippen LogP contribution is -2.46. The van der Waals surface area contributed by atoms with Crippen molar-refractivity contribution in [2.45, 2.75) is 25.8 Å². The number of rotatable bonds is 3. The average molecular weight is 344 g/mol. The molecule has 1 aliphatic heterocycles. The van der Waals surface area contributed by atoms with E-state index in [-0.39, 0.29) is 23.6 Å². The Hall–Kier alpha value is -2.34. The Bertz CT molecular complexity index is 748. The third-order valence-electron chi connectivity index (χ3n) is 4.22. The van der Waals surface area contributed by atoms with Gasteiger partial charge in [-0.05, 0) is 44.0 Å². The maximum Gasteiger partial charge on any atom is 0.261 e. The van der Waals surface area contributed by atoms with Crippen LogP contribution in [0.3, 0.4) is 0 Å². The molecule has 6 heteroatoms. The van der Waals surface area contributed by atoms with Crippen LogP contribution >= 0.6 is 11.3 Å². The number of hydrogen-bond acceptors (Lipinski definition) is 4. The third-order valence-corrected chi connectivity index (χ3v) is 5.22. The summed E-state index contributed by atoms with van der Waals surface area (Å²) >= 11 is 1.48. The summed E-state index contributed by atoms with van der Waals surface area (Å²) < 4.78 is 0. The van der Waals surface area contributed by atoms with Crippen molar-refractivity contribution in [2.24, 2.45) is 0 Å². The predicted molar refractivity (Wildman–Crippen MR) is 93.6 cm³/mol. The van der Waals surface area contributed by atoms with E-state index in [1.165, 1.54) is 17.4 Å². The normalized spacial score (nSPS) is 15.3. The van der Waals surface area contributed by atoms with Gasteiger partial charge in [0.15, 0.2) is 0 Å². The van der Waals surface area contributed by atoms with Crippen molar-refractivity contribution in [3.8, 4) is 5.75 Å². The van der Waals surface area contributed by atoms with Gasteiger partial charge < -0.3 is 15.3 Å². The van der Waals surface area contributed by atoms with Gasteiger partial charge in [0.2, 0.25) is 0 Å². The number of para-hydroxylation sites is 1. The highest BCUT2D eigenvalue weighted by Gasteiger charge is 2.26. The lowest BCUT2D eigenvalue weighted by molar-refractivity contribution is 0.0695. The fourth-order valence-corrected chi connectivity index (χ4v) is 3.64. The van der Waals surface area contributed by atoms with E-state index in [0.717, 1.165) is 22.6 Å². The van der Waals surface area contributed by atoms with Gasteiger partial charge in [-0.25, -0.2) is 0 Å². The van der Waals surface area contributed by atoms with Gasteiger partial charge in [-0.1, -0.05) is 12.1 Å². The lowest BCUT2D eigenvalue weighted by atomic mass is 10.0. The highest BCUT2D eigenvalue weighted by molar-refractivity contribution is 7.13. The second kappa shape index (κ2) is 7.05. The second-order valence-corrected chi connectivity index (χ2v) is 7.26. The number of likely N-dealkylation sites (tertiary alicyclic amines) is 1. The topological polar surface area (TPSA) is 69.6 Å². The summed E-state index contributed by atoms with van der Waals surface area (Å²) in [7, 11) is 0. The van der Waals surface area contributed by atoms with Crippen LogP contribution in [0.5, 0.6) is 5.75 Å². The van der Waals surface area contributed by atoms with Crippen LogP contribution in [0.1, 0.15) is 37.7 Å². The molecule has 1 saturated heterocycles. The van der Waals surface area contributed by atoms with Crippen molar-refractivity contribution < 1.29 is 14.7 Å². The van der Waals surface area contributed by atoms with Gasteiger partial charge in [-0.3, -0.25) is 9.59 Å². The molecule has 1 aromatic carbocycles. The van der Waals surface area contributed by atoms with Gasteiger partial charge in [0.25, 0.3) is 11.8 Å². The molecule has 1 aromatic heterocycles. The predicted octanol–water partition coefficient (Wildman–Crippen LogP) is 2.80. The van der Waals surface area contributed by atoms with Crippen LogP contribution in [-0.2, 0) is 0 Å². The van der Waals surface area contributed by atoms with Crippen LogP contribution in [0.4, 0.5) is 0 Å². The SMILES string of the molecule is Cc1ccc(C(=O)NC2CCN(C(=O)c3ccccc3O)CC2)s1. The van der Waals surface area contributed by atoms with Gasteiger partial charge in [0, 0.05) is 24.0 Å². The molecule has 2 amide bonds. The number of nitrogens with one attached hydrogen (secondary N) is 1. The molecule has 3 rings (SSSR count). The Morgan fingerprint density at radius 1 is 1.17 bits per heavy atom. The molecule has 0 spiro atoms. The largest absolute Gasteiger partial charge is 0.507 e. The Morgan fingerprint density at radius 2 is 1.88 bits per heavy atom. The van der Waals surface area contributed by atoms with Gasteiger partial charge >= 0.3 is 0 Å². The number of phenols is 1. The summed E-state index contributed by atoms with van der Waals surface area (Å²) in [4.78, 5) is 28.2. The van der Waals surface area contributed by atoms with Crippen molar-refractivity contribution in [1.29, 1.82) is 0 Å². The second-order valence-electron chi connectivity index (χ2n) is 5.97. The maximum absolute atomic E-state index is 12.5. The first-order valence-corrected chi connectivity index (χ1v) is 8.81. The standard InChI is InChI=1S/C18H20N2O3S/c1-12-6-7-16(24-12)17(22)19-13-8-10-20(11-9-13)18(23)14-4-2-3-5-15(14)21/h2-7,13,21H,8-11H2,1H3,(H,19,22). The van der Waals surface area contributed by atoms with E-state index < -0.39 is 0 Å². The number of thiophene rings is 1. The van der Waals surface area contributed by atoms with E-state index in [4.69, 9.17) is 0 Å². The van der Waals surface area contributed by atoms with Crippen LogP contribution in [0, 0.1) is 6.92 Å². The minimum Gasteiger partial charge on any atom is -0.507 e. The molecular weight excluding hydrogens is 324 g/mol. The smallest absolute Gasteiger partial charge is 0.261 e. The van der Waals surface area contributed by atoms with Crippen molar-refractivity contribution in [2.75, 3.05) is 13.1 Å². The molecule has 5 nitrogen and oxygen atoms in total. The lowest BCUT2D eigenvalue weighted by Gasteiger charge is -2.32. The van der Waals surface area contributed by atoms with E-state index in [1.54, 1.807) is 23.1 Å². The zero-order chi connectivity index (χ0) is 17.1. The fourth-order valence-electron chi connectivity index (χ4n) is 2.86. The molecule has 0 aliphatic carbocycles. The quantitative estimate of drug-likeness (QED) is 0.899. The zero-order valence-corrected chi connectivity index (χ0v) is 14.3. The molecule has 0 saturated carbocycles. The molecular formula is C18H20N2O3S. The van der Waals surface area contributed by atoms with E-state index in [0.29, 0.717) is 18.7 Å². The first kappa shape index (κ1) is 16.5. The Morgan fingerprint density at radius 3 is 2.50 bits per heavy atom. The molecule has 0 radical (unpaired) electrons. The van der Waals surface area contributed by atoms with Crippen molar-refractivity contribution in [3.63, 3.8) is 0 Å². The summed E-state index contributed by atoms with van der Waals surface area (Å²) in [6.07, 6.45) is 1.44. The summed E-state index contributed by atoms with van der Waals surface area (Å²) in [5.74, 6) is -0.198. The Kier molecular flexibility index (Phi) is 4.85. The molecule has 0 bridgehead atoms. The van der Waals surface area contributed by atoms with E-state index in [1.807, 2.05) is 19.1 Å². The Balaban J connectivity index is 1.55. The number of benzene rings is 1. The molecule has 0 atom stereocenters. The van der Waals surface area contributed by atoms with Crippen LogP contribution < -0.4 is 5.32 Å². The molecule has 2 N–H and O–H groups in total. The zero-order valence-electron chi connectivity index (χ0n) is 13.5. The summed E-state index contributed by atoms with van der Waals surface area (Å²) in [6.45, 7) is 3.12. The maximum atomic E-state index is 12.5. The number of carbonyl (C=O) groups excluding carboxylic acids is 2. The van der Waals surface area contributed by atoms with Crippen LogP contribution in [0.15, 0.2) is 36.4 Å². The number of nitrogens with zero attached hydrogens (tertiary/aromatic N) is 1. The van der Waals surface area contributed by atoms with E-state index in [9.17, 15) is 14.7 Å². The molecule has 126 valence electrons. The minimum absolute atomic E-state index is 0.00555. The number of hydrogen-bond donors (Lipinski definition) is 2. The first-order chi connectivity index (χ1) is 11.5. The van der Waals surface area contributed by atoms with Gasteiger partial charge in [-0.15, -0.1) is 11.3 Å². The number of piperidine rings is 1. The first-order valence-electron chi connectivity index (χ1n) is 7.99. The monoisotopic (exact) mass is 344 g/mol. The fraction of sp³-hybridized carbons (Fsp3) is 0.333. The molecule has 0 unspecified atom stereocenters. The number of carbonyl (C=O) groups is 2. The van der Waals surface area contributed by atoms with Crippen LogP contribution in [0.2, 0.25) is 0 Å². The van der Waals surface area contributed by atoms with Crippen LogP contribution in [-0.4, -0.2) is 41.0 Å². The molecule has 24 heavy (non-hydrogen) atoms. The highest BCUT2D eigenvalue weighted by atomic mass is 32.1.